The third-order valence-electron chi connectivity index (χ3n) is 3.76. The second-order valence-corrected chi connectivity index (χ2v) is 5.71. The summed E-state index contributed by atoms with van der Waals surface area (Å²) in [6.45, 7) is 1.81. The van der Waals surface area contributed by atoms with Gasteiger partial charge in [-0.1, -0.05) is 37.3 Å². The predicted octanol–water partition coefficient (Wildman–Crippen LogP) is 1.34. The molecule has 0 fully saturated rings. The quantitative estimate of drug-likeness (QED) is 0.613. The number of aromatic amines is 1. The summed E-state index contributed by atoms with van der Waals surface area (Å²) in [4.78, 5) is 32.4. The number of hydrogen-bond acceptors (Lipinski definition) is 7. The molecule has 1 unspecified atom stereocenters. The highest BCUT2D eigenvalue weighted by molar-refractivity contribution is 5.87. The van der Waals surface area contributed by atoms with Crippen LogP contribution in [0, 0.1) is 0 Å². The fraction of sp³-hybridized carbons (Fsp3) is 0.294. The van der Waals surface area contributed by atoms with Crippen LogP contribution < -0.4 is 5.32 Å². The van der Waals surface area contributed by atoms with Crippen LogP contribution in [-0.4, -0.2) is 48.1 Å². The number of amides is 1. The molecule has 0 aliphatic heterocycles. The van der Waals surface area contributed by atoms with Crippen LogP contribution in [0.15, 0.2) is 42.7 Å². The van der Waals surface area contributed by atoms with E-state index in [1.165, 1.54) is 4.80 Å². The Bertz CT molecular complexity index is 877. The van der Waals surface area contributed by atoms with Gasteiger partial charge in [-0.3, -0.25) is 4.79 Å². The number of benzene rings is 1. The minimum atomic E-state index is -0.702. The van der Waals surface area contributed by atoms with Gasteiger partial charge in [-0.25, -0.2) is 9.78 Å². The average molecular weight is 369 g/mol. The van der Waals surface area contributed by atoms with Gasteiger partial charge in [-0.15, -0.1) is 10.2 Å². The molecule has 140 valence electrons. The normalized spacial score (nSPS) is 11.7. The highest BCUT2D eigenvalue weighted by Crippen LogP contribution is 2.06. The molecule has 10 heteroatoms. The van der Waals surface area contributed by atoms with Crippen molar-refractivity contribution in [3.63, 3.8) is 0 Å². The minimum Gasteiger partial charge on any atom is -0.445 e. The molecule has 0 saturated heterocycles. The van der Waals surface area contributed by atoms with Gasteiger partial charge >= 0.3 is 6.09 Å². The fourth-order valence-electron chi connectivity index (χ4n) is 2.36. The highest BCUT2D eigenvalue weighted by atomic mass is 16.5. The number of rotatable bonds is 8. The third kappa shape index (κ3) is 4.97. The molecule has 0 aliphatic carbocycles. The lowest BCUT2D eigenvalue weighted by Gasteiger charge is -2.15. The number of tetrazole rings is 1. The van der Waals surface area contributed by atoms with E-state index in [2.05, 4.69) is 30.7 Å². The van der Waals surface area contributed by atoms with Gasteiger partial charge in [0, 0.05) is 12.4 Å². The summed E-state index contributed by atoms with van der Waals surface area (Å²) in [5, 5.41) is 14.4. The molecule has 3 aromatic rings. The van der Waals surface area contributed by atoms with Crippen molar-refractivity contribution in [2.45, 2.75) is 32.5 Å². The summed E-state index contributed by atoms with van der Waals surface area (Å²) in [6, 6.07) is 8.59. The van der Waals surface area contributed by atoms with Crippen LogP contribution in [0.25, 0.3) is 11.6 Å². The number of nitrogens with one attached hydrogen (secondary N) is 2. The Balaban J connectivity index is 1.52. The molecule has 2 heterocycles. The van der Waals surface area contributed by atoms with E-state index in [0.29, 0.717) is 12.2 Å². The van der Waals surface area contributed by atoms with E-state index in [-0.39, 0.29) is 24.8 Å². The van der Waals surface area contributed by atoms with Gasteiger partial charge in [-0.2, -0.15) is 4.80 Å². The summed E-state index contributed by atoms with van der Waals surface area (Å²) < 4.78 is 5.15. The highest BCUT2D eigenvalue weighted by Gasteiger charge is 2.21. The van der Waals surface area contributed by atoms with Crippen molar-refractivity contribution in [2.24, 2.45) is 0 Å². The Morgan fingerprint density at radius 2 is 2.11 bits per heavy atom. The summed E-state index contributed by atoms with van der Waals surface area (Å²) in [5.74, 6) is 0.497. The first kappa shape index (κ1) is 18.2. The van der Waals surface area contributed by atoms with E-state index in [4.69, 9.17) is 4.74 Å². The third-order valence-corrected chi connectivity index (χ3v) is 3.76. The van der Waals surface area contributed by atoms with Crippen molar-refractivity contribution >= 4 is 11.9 Å². The summed E-state index contributed by atoms with van der Waals surface area (Å²) in [5.41, 5.74) is 0.865. The second-order valence-electron chi connectivity index (χ2n) is 5.71. The maximum absolute atomic E-state index is 12.4. The van der Waals surface area contributed by atoms with Crippen LogP contribution in [-0.2, 0) is 22.7 Å². The van der Waals surface area contributed by atoms with Gasteiger partial charge in [0.25, 0.3) is 0 Å². The number of carbonyl (C=O) groups excluding carboxylic acids is 2. The smallest absolute Gasteiger partial charge is 0.408 e. The van der Waals surface area contributed by atoms with Crippen molar-refractivity contribution in [2.75, 3.05) is 0 Å². The fourth-order valence-corrected chi connectivity index (χ4v) is 2.36. The lowest BCUT2D eigenvalue weighted by atomic mass is 10.1. The van der Waals surface area contributed by atoms with Gasteiger partial charge in [-0.05, 0) is 17.2 Å². The molecule has 2 aromatic heterocycles. The van der Waals surface area contributed by atoms with Crippen molar-refractivity contribution < 1.29 is 14.3 Å². The SMILES string of the molecule is CCC(NC(=O)OCc1ccccc1)C(=O)Cn1nnc(-c2ncc[nH]2)n1. The zero-order valence-corrected chi connectivity index (χ0v) is 14.7. The molecule has 1 atom stereocenters. The van der Waals surface area contributed by atoms with Gasteiger partial charge < -0.3 is 15.0 Å². The Morgan fingerprint density at radius 1 is 1.30 bits per heavy atom. The van der Waals surface area contributed by atoms with Crippen molar-refractivity contribution in [1.29, 1.82) is 0 Å². The van der Waals surface area contributed by atoms with E-state index in [0.717, 1.165) is 5.56 Å². The molecule has 0 bridgehead atoms. The number of aromatic nitrogens is 6. The van der Waals surface area contributed by atoms with Crippen LogP contribution in [0.4, 0.5) is 4.79 Å². The van der Waals surface area contributed by atoms with Crippen molar-refractivity contribution in [3.8, 4) is 11.6 Å². The van der Waals surface area contributed by atoms with Gasteiger partial charge in [0.2, 0.25) is 5.82 Å². The van der Waals surface area contributed by atoms with Crippen molar-refractivity contribution in [1.82, 2.24) is 35.5 Å². The monoisotopic (exact) mass is 369 g/mol. The Labute approximate surface area is 154 Å². The molecular weight excluding hydrogens is 350 g/mol. The summed E-state index contributed by atoms with van der Waals surface area (Å²) in [6.07, 6.45) is 2.97. The molecule has 0 radical (unpaired) electrons. The van der Waals surface area contributed by atoms with Crippen LogP contribution in [0.3, 0.4) is 0 Å². The Hall–Kier alpha value is -3.56. The van der Waals surface area contributed by atoms with E-state index >= 15 is 0 Å². The molecule has 3 rings (SSSR count). The second kappa shape index (κ2) is 8.70. The molecule has 1 aromatic carbocycles. The Kier molecular flexibility index (Phi) is 5.87. The lowest BCUT2D eigenvalue weighted by molar-refractivity contribution is -0.122. The molecule has 1 amide bonds. The van der Waals surface area contributed by atoms with Crippen molar-refractivity contribution in [3.05, 3.63) is 48.3 Å². The van der Waals surface area contributed by atoms with E-state index in [1.807, 2.05) is 30.3 Å². The van der Waals surface area contributed by atoms with Crippen LogP contribution >= 0.6 is 0 Å². The number of nitrogens with zero attached hydrogens (tertiary/aromatic N) is 5. The van der Waals surface area contributed by atoms with Crippen LogP contribution in [0.5, 0.6) is 0 Å². The number of alkyl carbamates (subject to hydrolysis) is 1. The zero-order valence-electron chi connectivity index (χ0n) is 14.7. The van der Waals surface area contributed by atoms with E-state index < -0.39 is 12.1 Å². The van der Waals surface area contributed by atoms with Gasteiger partial charge in [0.05, 0.1) is 6.04 Å². The molecule has 0 saturated carbocycles. The number of carbonyl (C=O) groups is 2. The van der Waals surface area contributed by atoms with E-state index in [9.17, 15) is 9.59 Å². The largest absolute Gasteiger partial charge is 0.445 e. The first-order chi connectivity index (χ1) is 13.2. The summed E-state index contributed by atoms with van der Waals surface area (Å²) >= 11 is 0. The van der Waals surface area contributed by atoms with E-state index in [1.54, 1.807) is 19.3 Å². The van der Waals surface area contributed by atoms with Gasteiger partial charge in [0.15, 0.2) is 11.6 Å². The zero-order chi connectivity index (χ0) is 19.1. The maximum Gasteiger partial charge on any atom is 0.408 e. The molecule has 27 heavy (non-hydrogen) atoms. The molecule has 2 N–H and O–H groups in total. The first-order valence-electron chi connectivity index (χ1n) is 8.43. The number of ketones is 1. The number of H-pyrrole nitrogens is 1. The van der Waals surface area contributed by atoms with Gasteiger partial charge in [0.1, 0.15) is 13.2 Å². The minimum absolute atomic E-state index is 0.120. The number of hydrogen-bond donors (Lipinski definition) is 2. The van der Waals surface area contributed by atoms with Crippen LogP contribution in [0.1, 0.15) is 18.9 Å². The maximum atomic E-state index is 12.4. The summed E-state index contributed by atoms with van der Waals surface area (Å²) in [7, 11) is 0. The molecule has 0 aliphatic rings. The Morgan fingerprint density at radius 3 is 2.81 bits per heavy atom. The van der Waals surface area contributed by atoms with Crippen LogP contribution in [0.2, 0.25) is 0 Å². The lowest BCUT2D eigenvalue weighted by Crippen LogP contribution is -2.42. The molecule has 0 spiro atoms. The number of imidazole rings is 1. The number of Topliss-reactive ketones (excluding diaryl/α,β-unsaturated/α-hetero) is 1. The first-order valence-corrected chi connectivity index (χ1v) is 8.43. The number of ether oxygens (including phenoxy) is 1. The standard InChI is InChI=1S/C17H19N7O3/c1-2-13(20-17(26)27-11-12-6-4-3-5-7-12)14(25)10-24-22-16(21-23-24)15-18-8-9-19-15/h3-9,13H,2,10-11H2,1H3,(H,18,19)(H,20,26). The topological polar surface area (TPSA) is 128 Å². The molecular formula is C17H19N7O3. The molecule has 10 nitrogen and oxygen atoms in total. The predicted molar refractivity (Wildman–Crippen MR) is 94.2 cm³/mol. The average Bonchev–Trinajstić information content (AvgIpc) is 3.37.